The number of carbonyl (C=O) groups is 1. The molecule has 0 bridgehead atoms. The molecule has 2 heterocycles. The zero-order valence-electron chi connectivity index (χ0n) is 13.1. The summed E-state index contributed by atoms with van der Waals surface area (Å²) in [5.74, 6) is 1.62. The van der Waals surface area contributed by atoms with Gasteiger partial charge in [-0.1, -0.05) is 0 Å². The molecule has 1 aromatic heterocycles. The van der Waals surface area contributed by atoms with Crippen molar-refractivity contribution in [2.45, 2.75) is 32.4 Å². The molecule has 0 aliphatic carbocycles. The molecule has 22 heavy (non-hydrogen) atoms. The molecular formula is C16H22N4O2. The van der Waals surface area contributed by atoms with Crippen LogP contribution in [0.2, 0.25) is 0 Å². The molecule has 1 amide bonds. The first-order valence-corrected chi connectivity index (χ1v) is 7.67. The summed E-state index contributed by atoms with van der Waals surface area (Å²) in [5, 5.41) is 0. The number of aromatic nitrogens is 2. The minimum atomic E-state index is -0.232. The lowest BCUT2D eigenvalue weighted by molar-refractivity contribution is -0.130. The Bertz CT molecular complexity index is 687. The zero-order chi connectivity index (χ0) is 15.7. The average molecular weight is 302 g/mol. The summed E-state index contributed by atoms with van der Waals surface area (Å²) in [4.78, 5) is 19.0. The normalized spacial score (nSPS) is 16.2. The van der Waals surface area contributed by atoms with E-state index in [0.29, 0.717) is 6.54 Å². The molecular weight excluding hydrogens is 280 g/mol. The fourth-order valence-electron chi connectivity index (χ4n) is 2.97. The molecule has 1 fully saturated rings. The summed E-state index contributed by atoms with van der Waals surface area (Å²) in [6, 6.07) is 5.46. The van der Waals surface area contributed by atoms with Gasteiger partial charge in [-0.3, -0.25) is 4.79 Å². The van der Waals surface area contributed by atoms with Crippen molar-refractivity contribution < 1.29 is 9.53 Å². The van der Waals surface area contributed by atoms with E-state index in [1.807, 2.05) is 34.6 Å². The summed E-state index contributed by atoms with van der Waals surface area (Å²) in [6.07, 6.45) is 2.18. The van der Waals surface area contributed by atoms with Gasteiger partial charge in [-0.2, -0.15) is 0 Å². The highest BCUT2D eigenvalue weighted by Gasteiger charge is 2.22. The van der Waals surface area contributed by atoms with Crippen molar-refractivity contribution >= 4 is 16.9 Å². The SMILES string of the molecule is COc1ccc2c(c1)nc(C(C)N)n2CC(=O)N1CCCC1. The Morgan fingerprint density at radius 3 is 2.77 bits per heavy atom. The number of hydrogen-bond acceptors (Lipinski definition) is 4. The molecule has 1 unspecified atom stereocenters. The first kappa shape index (κ1) is 14.8. The number of ether oxygens (including phenoxy) is 1. The molecule has 0 spiro atoms. The molecule has 6 nitrogen and oxygen atoms in total. The fraction of sp³-hybridized carbons (Fsp3) is 0.500. The standard InChI is InChI=1S/C16H22N4O2/c1-11(17)16-18-13-9-12(22-2)5-6-14(13)20(16)10-15(21)19-7-3-4-8-19/h5-6,9,11H,3-4,7-8,10,17H2,1-2H3. The number of carbonyl (C=O) groups excluding carboxylic acids is 1. The quantitative estimate of drug-likeness (QED) is 0.932. The van der Waals surface area contributed by atoms with Crippen LogP contribution in [-0.4, -0.2) is 40.6 Å². The highest BCUT2D eigenvalue weighted by atomic mass is 16.5. The molecule has 3 rings (SSSR count). The minimum Gasteiger partial charge on any atom is -0.497 e. The van der Waals surface area contributed by atoms with Crippen molar-refractivity contribution in [1.82, 2.24) is 14.5 Å². The first-order chi connectivity index (χ1) is 10.6. The second kappa shape index (κ2) is 5.96. The van der Waals surface area contributed by atoms with E-state index in [-0.39, 0.29) is 11.9 Å². The van der Waals surface area contributed by atoms with Crippen LogP contribution in [0.15, 0.2) is 18.2 Å². The van der Waals surface area contributed by atoms with Gasteiger partial charge in [0.25, 0.3) is 0 Å². The third-order valence-electron chi connectivity index (χ3n) is 4.14. The van der Waals surface area contributed by atoms with Gasteiger partial charge in [0.15, 0.2) is 0 Å². The van der Waals surface area contributed by atoms with E-state index >= 15 is 0 Å². The lowest BCUT2D eigenvalue weighted by Gasteiger charge is -2.17. The number of nitrogens with zero attached hydrogens (tertiary/aromatic N) is 3. The van der Waals surface area contributed by atoms with Crippen molar-refractivity contribution in [3.8, 4) is 5.75 Å². The summed E-state index contributed by atoms with van der Waals surface area (Å²) in [5.41, 5.74) is 7.76. The second-order valence-electron chi connectivity index (χ2n) is 5.79. The molecule has 2 N–H and O–H groups in total. The number of nitrogens with two attached hydrogens (primary N) is 1. The molecule has 118 valence electrons. The highest BCUT2D eigenvalue weighted by Crippen LogP contribution is 2.24. The van der Waals surface area contributed by atoms with Crippen molar-refractivity contribution in [3.63, 3.8) is 0 Å². The van der Waals surface area contributed by atoms with Gasteiger partial charge < -0.3 is 19.9 Å². The molecule has 1 aliphatic heterocycles. The molecule has 0 saturated carbocycles. The number of hydrogen-bond donors (Lipinski definition) is 1. The summed E-state index contributed by atoms with van der Waals surface area (Å²) < 4.78 is 7.17. The van der Waals surface area contributed by atoms with Gasteiger partial charge in [-0.25, -0.2) is 4.98 Å². The van der Waals surface area contributed by atoms with Gasteiger partial charge in [0.1, 0.15) is 18.1 Å². The summed E-state index contributed by atoms with van der Waals surface area (Å²) in [7, 11) is 1.63. The van der Waals surface area contributed by atoms with Crippen LogP contribution in [0, 0.1) is 0 Å². The molecule has 1 saturated heterocycles. The number of methoxy groups -OCH3 is 1. The van der Waals surface area contributed by atoms with Gasteiger partial charge in [0, 0.05) is 19.2 Å². The van der Waals surface area contributed by atoms with Crippen molar-refractivity contribution in [2.75, 3.05) is 20.2 Å². The number of likely N-dealkylation sites (tertiary alicyclic amines) is 1. The molecule has 6 heteroatoms. The monoisotopic (exact) mass is 302 g/mol. The van der Waals surface area contributed by atoms with E-state index in [1.54, 1.807) is 7.11 Å². The lowest BCUT2D eigenvalue weighted by Crippen LogP contribution is -2.32. The van der Waals surface area contributed by atoms with E-state index in [0.717, 1.165) is 48.5 Å². The van der Waals surface area contributed by atoms with Crippen LogP contribution in [0.3, 0.4) is 0 Å². The second-order valence-corrected chi connectivity index (χ2v) is 5.79. The van der Waals surface area contributed by atoms with Crippen molar-refractivity contribution in [2.24, 2.45) is 5.73 Å². The van der Waals surface area contributed by atoms with Crippen LogP contribution in [0.4, 0.5) is 0 Å². The van der Waals surface area contributed by atoms with Crippen molar-refractivity contribution in [1.29, 1.82) is 0 Å². The van der Waals surface area contributed by atoms with Crippen molar-refractivity contribution in [3.05, 3.63) is 24.0 Å². The van der Waals surface area contributed by atoms with Gasteiger partial charge in [0.05, 0.1) is 24.2 Å². The number of imidazole rings is 1. The zero-order valence-corrected chi connectivity index (χ0v) is 13.1. The predicted octanol–water partition coefficient (Wildman–Crippen LogP) is 1.69. The molecule has 0 radical (unpaired) electrons. The van der Waals surface area contributed by atoms with E-state index in [2.05, 4.69) is 4.98 Å². The highest BCUT2D eigenvalue weighted by molar-refractivity contribution is 5.82. The summed E-state index contributed by atoms with van der Waals surface area (Å²) >= 11 is 0. The maximum absolute atomic E-state index is 12.5. The predicted molar refractivity (Wildman–Crippen MR) is 84.7 cm³/mol. The van der Waals surface area contributed by atoms with Gasteiger partial charge in [-0.15, -0.1) is 0 Å². The van der Waals surface area contributed by atoms with E-state index in [1.165, 1.54) is 0 Å². The fourth-order valence-corrected chi connectivity index (χ4v) is 2.97. The van der Waals surface area contributed by atoms with E-state index in [9.17, 15) is 4.79 Å². The van der Waals surface area contributed by atoms with Crippen LogP contribution in [0.1, 0.15) is 31.6 Å². The van der Waals surface area contributed by atoms with Crippen LogP contribution < -0.4 is 10.5 Å². The maximum atomic E-state index is 12.5. The maximum Gasteiger partial charge on any atom is 0.242 e. The topological polar surface area (TPSA) is 73.4 Å². The third-order valence-corrected chi connectivity index (χ3v) is 4.14. The Labute approximate surface area is 129 Å². The third kappa shape index (κ3) is 2.66. The van der Waals surface area contributed by atoms with Gasteiger partial charge in [-0.05, 0) is 31.9 Å². The van der Waals surface area contributed by atoms with Crippen LogP contribution in [0.5, 0.6) is 5.75 Å². The molecule has 1 aromatic carbocycles. The number of fused-ring (bicyclic) bond motifs is 1. The largest absolute Gasteiger partial charge is 0.497 e. The molecule has 1 aliphatic rings. The smallest absolute Gasteiger partial charge is 0.242 e. The van der Waals surface area contributed by atoms with Crippen LogP contribution >= 0.6 is 0 Å². The Hall–Kier alpha value is -2.08. The summed E-state index contributed by atoms with van der Waals surface area (Å²) in [6.45, 7) is 3.88. The van der Waals surface area contributed by atoms with Gasteiger partial charge >= 0.3 is 0 Å². The Morgan fingerprint density at radius 2 is 2.14 bits per heavy atom. The van der Waals surface area contributed by atoms with E-state index in [4.69, 9.17) is 10.5 Å². The Kier molecular flexibility index (Phi) is 4.02. The van der Waals surface area contributed by atoms with Crippen LogP contribution in [-0.2, 0) is 11.3 Å². The Morgan fingerprint density at radius 1 is 1.41 bits per heavy atom. The minimum absolute atomic E-state index is 0.134. The number of amides is 1. The van der Waals surface area contributed by atoms with E-state index < -0.39 is 0 Å². The molecule has 2 aromatic rings. The number of benzene rings is 1. The molecule has 1 atom stereocenters. The lowest BCUT2D eigenvalue weighted by atomic mass is 10.3. The van der Waals surface area contributed by atoms with Gasteiger partial charge in [0.2, 0.25) is 5.91 Å². The average Bonchev–Trinajstić information content (AvgIpc) is 3.14. The first-order valence-electron chi connectivity index (χ1n) is 7.67. The Balaban J connectivity index is 1.98. The number of rotatable bonds is 4. The van der Waals surface area contributed by atoms with Crippen LogP contribution in [0.25, 0.3) is 11.0 Å².